The first-order chi connectivity index (χ1) is 21.4. The first kappa shape index (κ1) is 31.3. The van der Waals surface area contributed by atoms with Gasteiger partial charge in [-0.15, -0.1) is 0 Å². The van der Waals surface area contributed by atoms with Gasteiger partial charge in [0.15, 0.2) is 19.8 Å². The van der Waals surface area contributed by atoms with Crippen molar-refractivity contribution in [1.29, 1.82) is 0 Å². The van der Waals surface area contributed by atoms with Crippen molar-refractivity contribution in [3.8, 4) is 0 Å². The number of benzene rings is 1. The summed E-state index contributed by atoms with van der Waals surface area (Å²) in [7, 11) is -1.09. The minimum Gasteiger partial charge on any atom is -0.382 e. The Morgan fingerprint density at radius 3 is 2.77 bits per heavy atom. The molecule has 0 saturated carbocycles. The molecule has 1 aliphatic carbocycles. The van der Waals surface area contributed by atoms with Crippen LogP contribution in [0.4, 0.5) is 11.5 Å². The second-order valence-electron chi connectivity index (χ2n) is 11.7. The number of hydrogen-bond donors (Lipinski definition) is 2. The summed E-state index contributed by atoms with van der Waals surface area (Å²) in [6.45, 7) is 8.98. The van der Waals surface area contributed by atoms with Crippen LogP contribution in [0.15, 0.2) is 30.9 Å². The maximum Gasteiger partial charge on any atom is 0.198 e. The van der Waals surface area contributed by atoms with E-state index in [1.807, 2.05) is 23.6 Å². The molecule has 2 atom stereocenters. The smallest absolute Gasteiger partial charge is 0.198 e. The van der Waals surface area contributed by atoms with Crippen molar-refractivity contribution in [3.05, 3.63) is 47.1 Å². The highest BCUT2D eigenvalue weighted by Crippen LogP contribution is 2.39. The van der Waals surface area contributed by atoms with E-state index in [0.29, 0.717) is 49.1 Å². The van der Waals surface area contributed by atoms with Crippen molar-refractivity contribution in [1.82, 2.24) is 29.4 Å². The average molecular weight is 641 g/mol. The summed E-state index contributed by atoms with van der Waals surface area (Å²) in [5, 5.41) is 5.77. The summed E-state index contributed by atoms with van der Waals surface area (Å²) in [4.78, 5) is 20.0. The lowest BCUT2D eigenvalue weighted by molar-refractivity contribution is 0.0673. The van der Waals surface area contributed by atoms with Crippen molar-refractivity contribution >= 4 is 53.5 Å². The van der Waals surface area contributed by atoms with E-state index in [2.05, 4.69) is 38.2 Å². The summed E-state index contributed by atoms with van der Waals surface area (Å²) in [6.07, 6.45) is 10.3. The molecule has 3 aromatic heterocycles. The van der Waals surface area contributed by atoms with Gasteiger partial charge in [0.2, 0.25) is 0 Å². The first-order valence-corrected chi connectivity index (χ1v) is 17.3. The molecule has 6 rings (SSSR count). The highest BCUT2D eigenvalue weighted by molar-refractivity contribution is 7.47. The number of nitrogens with two attached hydrogens (primary N) is 1. The van der Waals surface area contributed by atoms with Gasteiger partial charge in [-0.05, 0) is 82.7 Å². The van der Waals surface area contributed by atoms with Gasteiger partial charge in [-0.1, -0.05) is 11.6 Å². The number of rotatable bonds is 11. The largest absolute Gasteiger partial charge is 0.382 e. The van der Waals surface area contributed by atoms with E-state index in [0.717, 1.165) is 55.9 Å². The minimum absolute atomic E-state index is 0.0655. The number of nitrogens with one attached hydrogen (secondary N) is 1. The van der Waals surface area contributed by atoms with E-state index in [4.69, 9.17) is 36.1 Å². The number of ether oxygens (including phenoxy) is 1. The lowest BCUT2D eigenvalue weighted by Gasteiger charge is -2.29. The van der Waals surface area contributed by atoms with E-state index in [9.17, 15) is 0 Å². The van der Waals surface area contributed by atoms with Gasteiger partial charge < -0.3 is 29.4 Å². The standard InChI is InChI=1S/C31H42ClN8O3P/c1-21(37-28-24-7-3-4-8-26(24)38-27-16-23(32)9-10-25(27)28)6-5-11-39-12-14-42-44(43-15-13-39)20-41-22(2)17-40-19-36-29-30(33)34-18-35-31(29)40/h9-10,16,18-19,21-22H,3-8,11-15,17,20H2,1-2H3,(H,37,38)(H2,33,34,35). The summed E-state index contributed by atoms with van der Waals surface area (Å²) in [5.41, 5.74) is 12.1. The van der Waals surface area contributed by atoms with Crippen LogP contribution in [0.2, 0.25) is 5.02 Å². The van der Waals surface area contributed by atoms with Gasteiger partial charge in [-0.25, -0.2) is 15.0 Å². The number of aryl methyl sites for hydroxylation is 1. The molecule has 1 aliphatic heterocycles. The molecule has 1 aromatic carbocycles. The number of fused-ring (bicyclic) bond motifs is 3. The van der Waals surface area contributed by atoms with Gasteiger partial charge in [0.1, 0.15) is 18.2 Å². The molecule has 0 radical (unpaired) electrons. The van der Waals surface area contributed by atoms with Crippen LogP contribution in [-0.4, -0.2) is 80.7 Å². The van der Waals surface area contributed by atoms with Crippen molar-refractivity contribution in [2.75, 3.05) is 50.2 Å². The third kappa shape index (κ3) is 7.58. The third-order valence-corrected chi connectivity index (χ3v) is 9.90. The molecule has 0 amide bonds. The predicted octanol–water partition coefficient (Wildman–Crippen LogP) is 5.79. The van der Waals surface area contributed by atoms with Crippen molar-refractivity contribution in [2.24, 2.45) is 0 Å². The Morgan fingerprint density at radius 1 is 1.11 bits per heavy atom. The highest BCUT2D eigenvalue weighted by atomic mass is 35.5. The predicted molar refractivity (Wildman–Crippen MR) is 176 cm³/mol. The Balaban J connectivity index is 0.931. The molecule has 0 spiro atoms. The Bertz CT molecular complexity index is 1560. The fourth-order valence-corrected chi connectivity index (χ4v) is 7.38. The molecule has 3 N–H and O–H groups in total. The fourth-order valence-electron chi connectivity index (χ4n) is 6.04. The Labute approximate surface area is 264 Å². The molecular formula is C31H42ClN8O3P. The van der Waals surface area contributed by atoms with E-state index in [-0.39, 0.29) is 6.10 Å². The van der Waals surface area contributed by atoms with Crippen LogP contribution in [0.3, 0.4) is 0 Å². The number of pyridine rings is 1. The van der Waals surface area contributed by atoms with Gasteiger partial charge in [-0.3, -0.25) is 9.88 Å². The third-order valence-electron chi connectivity index (χ3n) is 8.36. The SMILES string of the molecule is CC(CCCN1CCOP(COC(C)Cn2cnc3c(N)ncnc32)OCC1)Nc1c2c(nc3cc(Cl)ccc13)CCCC2. The van der Waals surface area contributed by atoms with E-state index in [1.54, 1.807) is 6.33 Å². The number of hydrogen-bond acceptors (Lipinski definition) is 10. The number of imidazole rings is 1. The minimum atomic E-state index is -1.09. The second kappa shape index (κ2) is 14.6. The zero-order valence-electron chi connectivity index (χ0n) is 25.5. The van der Waals surface area contributed by atoms with Crippen LogP contribution in [0.5, 0.6) is 0 Å². The molecule has 0 bridgehead atoms. The lowest BCUT2D eigenvalue weighted by atomic mass is 9.92. The monoisotopic (exact) mass is 640 g/mol. The number of nitrogen functional groups attached to an aromatic ring is 1. The quantitative estimate of drug-likeness (QED) is 0.195. The zero-order chi connectivity index (χ0) is 30.5. The van der Waals surface area contributed by atoms with Gasteiger partial charge in [0.25, 0.3) is 0 Å². The Hall–Kier alpha value is -2.66. The molecule has 1 saturated heterocycles. The maximum atomic E-state index is 6.31. The molecule has 44 heavy (non-hydrogen) atoms. The van der Waals surface area contributed by atoms with Gasteiger partial charge in [-0.2, -0.15) is 0 Å². The number of aromatic nitrogens is 5. The number of halogens is 1. The summed E-state index contributed by atoms with van der Waals surface area (Å²) in [6, 6.07) is 6.42. The molecular weight excluding hydrogens is 599 g/mol. The number of nitrogens with zero attached hydrogens (tertiary/aromatic N) is 6. The number of anilines is 2. The Kier molecular flexibility index (Phi) is 10.4. The molecule has 2 aliphatic rings. The maximum absolute atomic E-state index is 6.31. The molecule has 236 valence electrons. The average Bonchev–Trinajstić information content (AvgIpc) is 3.41. The zero-order valence-corrected chi connectivity index (χ0v) is 27.2. The molecule has 1 fully saturated rings. The molecule has 2 unspecified atom stereocenters. The van der Waals surface area contributed by atoms with Crippen molar-refractivity contribution in [2.45, 2.75) is 71.1 Å². The molecule has 4 aromatic rings. The highest BCUT2D eigenvalue weighted by Gasteiger charge is 2.21. The van der Waals surface area contributed by atoms with Crippen LogP contribution in [0.25, 0.3) is 22.1 Å². The van der Waals surface area contributed by atoms with Crippen LogP contribution in [-0.2, 0) is 33.2 Å². The summed E-state index contributed by atoms with van der Waals surface area (Å²) in [5.74, 6) is 0.380. The van der Waals surface area contributed by atoms with Gasteiger partial charge in [0, 0.05) is 40.9 Å². The van der Waals surface area contributed by atoms with E-state index >= 15 is 0 Å². The molecule has 13 heteroatoms. The van der Waals surface area contributed by atoms with Crippen LogP contribution in [0, 0.1) is 0 Å². The lowest BCUT2D eigenvalue weighted by Crippen LogP contribution is -2.34. The van der Waals surface area contributed by atoms with Gasteiger partial charge >= 0.3 is 0 Å². The Morgan fingerprint density at radius 2 is 1.93 bits per heavy atom. The van der Waals surface area contributed by atoms with E-state index in [1.165, 1.54) is 41.5 Å². The molecule has 4 heterocycles. The van der Waals surface area contributed by atoms with Crippen LogP contribution >= 0.6 is 20.0 Å². The first-order valence-electron chi connectivity index (χ1n) is 15.6. The van der Waals surface area contributed by atoms with Crippen molar-refractivity contribution in [3.63, 3.8) is 0 Å². The second-order valence-corrected chi connectivity index (χ2v) is 13.6. The van der Waals surface area contributed by atoms with E-state index < -0.39 is 8.38 Å². The topological polar surface area (TPSA) is 125 Å². The molecule has 11 nitrogen and oxygen atoms in total. The van der Waals surface area contributed by atoms with Gasteiger partial charge in [0.05, 0.1) is 37.7 Å². The van der Waals surface area contributed by atoms with Crippen LogP contribution < -0.4 is 11.1 Å². The van der Waals surface area contributed by atoms with Crippen molar-refractivity contribution < 1.29 is 13.8 Å². The van der Waals surface area contributed by atoms with Crippen LogP contribution in [0.1, 0.15) is 50.8 Å². The summed E-state index contributed by atoms with van der Waals surface area (Å²) >= 11 is 6.31. The fraction of sp³-hybridized carbons (Fsp3) is 0.548. The normalized spacial score (nSPS) is 18.2. The summed E-state index contributed by atoms with van der Waals surface area (Å²) < 4.78 is 20.2.